The number of hydrogen-bond acceptors (Lipinski definition) is 4. The molecule has 0 saturated heterocycles. The number of sulfonamides is 1. The van der Waals surface area contributed by atoms with E-state index in [0.29, 0.717) is 19.5 Å². The van der Waals surface area contributed by atoms with E-state index in [9.17, 15) is 8.42 Å². The van der Waals surface area contributed by atoms with Gasteiger partial charge in [-0.2, -0.15) is 4.31 Å². The SMILES string of the molecule is CCCCS(=O)(=O)N1CCc2cc3c(cc2C1)OCO3. The lowest BCUT2D eigenvalue weighted by Crippen LogP contribution is -2.37. The first-order valence-corrected chi connectivity index (χ1v) is 8.60. The lowest BCUT2D eigenvalue weighted by atomic mass is 10.0. The predicted molar refractivity (Wildman–Crippen MR) is 75.4 cm³/mol. The summed E-state index contributed by atoms with van der Waals surface area (Å²) in [5.41, 5.74) is 2.19. The molecule has 0 saturated carbocycles. The highest BCUT2D eigenvalue weighted by molar-refractivity contribution is 7.89. The maximum absolute atomic E-state index is 12.3. The van der Waals surface area contributed by atoms with Crippen molar-refractivity contribution in [2.24, 2.45) is 0 Å². The van der Waals surface area contributed by atoms with Gasteiger partial charge in [-0.1, -0.05) is 13.3 Å². The Bertz CT molecular complexity index is 612. The zero-order valence-corrected chi connectivity index (χ0v) is 12.4. The molecule has 0 aromatic heterocycles. The van der Waals surface area contributed by atoms with Gasteiger partial charge in [0.1, 0.15) is 0 Å². The van der Waals surface area contributed by atoms with E-state index in [1.54, 1.807) is 4.31 Å². The van der Waals surface area contributed by atoms with Crippen molar-refractivity contribution < 1.29 is 17.9 Å². The Morgan fingerprint density at radius 1 is 1.20 bits per heavy atom. The van der Waals surface area contributed by atoms with Crippen molar-refractivity contribution in [3.05, 3.63) is 23.3 Å². The average Bonchev–Trinajstić information content (AvgIpc) is 2.89. The molecule has 0 radical (unpaired) electrons. The van der Waals surface area contributed by atoms with Crippen LogP contribution in [0.15, 0.2) is 12.1 Å². The molecule has 2 aliphatic heterocycles. The molecule has 2 heterocycles. The topological polar surface area (TPSA) is 55.8 Å². The molecule has 110 valence electrons. The summed E-state index contributed by atoms with van der Waals surface area (Å²) in [5, 5.41) is 0. The van der Waals surface area contributed by atoms with E-state index < -0.39 is 10.0 Å². The third kappa shape index (κ3) is 2.50. The summed E-state index contributed by atoms with van der Waals surface area (Å²) in [6, 6.07) is 3.90. The van der Waals surface area contributed by atoms with Crippen LogP contribution >= 0.6 is 0 Å². The molecule has 0 aliphatic carbocycles. The van der Waals surface area contributed by atoms with Crippen LogP contribution in [-0.2, 0) is 23.0 Å². The van der Waals surface area contributed by atoms with Crippen LogP contribution in [0.25, 0.3) is 0 Å². The Morgan fingerprint density at radius 2 is 1.90 bits per heavy atom. The summed E-state index contributed by atoms with van der Waals surface area (Å²) in [4.78, 5) is 0. The molecule has 0 N–H and O–H groups in total. The van der Waals surface area contributed by atoms with Crippen LogP contribution in [-0.4, -0.2) is 31.8 Å². The molecule has 2 aliphatic rings. The van der Waals surface area contributed by atoms with Gasteiger partial charge in [-0.15, -0.1) is 0 Å². The number of hydrogen-bond donors (Lipinski definition) is 0. The average molecular weight is 297 g/mol. The quantitative estimate of drug-likeness (QED) is 0.852. The van der Waals surface area contributed by atoms with Gasteiger partial charge in [-0.25, -0.2) is 8.42 Å². The normalized spacial score (nSPS) is 18.1. The third-order valence-electron chi connectivity index (χ3n) is 3.82. The third-order valence-corrected chi connectivity index (χ3v) is 5.72. The highest BCUT2D eigenvalue weighted by Crippen LogP contribution is 2.37. The molecule has 0 amide bonds. The fraction of sp³-hybridized carbons (Fsp3) is 0.571. The molecule has 0 atom stereocenters. The molecule has 20 heavy (non-hydrogen) atoms. The van der Waals surface area contributed by atoms with Crippen LogP contribution in [0.5, 0.6) is 11.5 Å². The summed E-state index contributed by atoms with van der Waals surface area (Å²) < 4.78 is 36.8. The Hall–Kier alpha value is -1.27. The molecule has 5 nitrogen and oxygen atoms in total. The number of ether oxygens (including phenoxy) is 2. The largest absolute Gasteiger partial charge is 0.454 e. The van der Waals surface area contributed by atoms with Crippen molar-refractivity contribution in [1.82, 2.24) is 4.31 Å². The van der Waals surface area contributed by atoms with E-state index in [0.717, 1.165) is 35.5 Å². The van der Waals surface area contributed by atoms with Crippen molar-refractivity contribution in [2.45, 2.75) is 32.7 Å². The molecule has 1 aromatic carbocycles. The van der Waals surface area contributed by atoms with Gasteiger partial charge in [0.2, 0.25) is 16.8 Å². The lowest BCUT2D eigenvalue weighted by molar-refractivity contribution is 0.174. The number of unbranched alkanes of at least 4 members (excludes halogenated alkanes) is 1. The number of benzene rings is 1. The minimum atomic E-state index is -3.14. The summed E-state index contributed by atoms with van der Waals surface area (Å²) in [6.45, 7) is 3.25. The Balaban J connectivity index is 1.82. The highest BCUT2D eigenvalue weighted by atomic mass is 32.2. The van der Waals surface area contributed by atoms with E-state index in [-0.39, 0.29) is 12.5 Å². The van der Waals surface area contributed by atoms with Gasteiger partial charge >= 0.3 is 0 Å². The van der Waals surface area contributed by atoms with Crippen LogP contribution < -0.4 is 9.47 Å². The summed E-state index contributed by atoms with van der Waals surface area (Å²) >= 11 is 0. The molecule has 3 rings (SSSR count). The second-order valence-electron chi connectivity index (χ2n) is 5.23. The van der Waals surface area contributed by atoms with Gasteiger partial charge in [0.15, 0.2) is 11.5 Å². The molecular formula is C14H19NO4S. The van der Waals surface area contributed by atoms with Crippen molar-refractivity contribution in [1.29, 1.82) is 0 Å². The fourth-order valence-corrected chi connectivity index (χ4v) is 4.23. The Labute approximate surface area is 119 Å². The Kier molecular flexibility index (Phi) is 3.60. The van der Waals surface area contributed by atoms with Gasteiger partial charge in [-0.05, 0) is 36.1 Å². The molecule has 1 aromatic rings. The molecule has 6 heteroatoms. The van der Waals surface area contributed by atoms with Crippen LogP contribution in [0.1, 0.15) is 30.9 Å². The van der Waals surface area contributed by atoms with Crippen molar-refractivity contribution in [2.75, 3.05) is 19.1 Å². The highest BCUT2D eigenvalue weighted by Gasteiger charge is 2.28. The zero-order chi connectivity index (χ0) is 14.2. The van der Waals surface area contributed by atoms with E-state index in [4.69, 9.17) is 9.47 Å². The van der Waals surface area contributed by atoms with Gasteiger partial charge in [-0.3, -0.25) is 0 Å². The second-order valence-corrected chi connectivity index (χ2v) is 7.32. The molecule has 0 spiro atoms. The lowest BCUT2D eigenvalue weighted by Gasteiger charge is -2.28. The smallest absolute Gasteiger partial charge is 0.231 e. The van der Waals surface area contributed by atoms with Gasteiger partial charge < -0.3 is 9.47 Å². The second kappa shape index (κ2) is 5.26. The van der Waals surface area contributed by atoms with E-state index in [1.165, 1.54) is 0 Å². The monoisotopic (exact) mass is 297 g/mol. The minimum Gasteiger partial charge on any atom is -0.454 e. The first-order valence-electron chi connectivity index (χ1n) is 6.99. The summed E-state index contributed by atoms with van der Waals surface area (Å²) in [7, 11) is -3.14. The maximum atomic E-state index is 12.3. The zero-order valence-electron chi connectivity index (χ0n) is 11.6. The predicted octanol–water partition coefficient (Wildman–Crippen LogP) is 1.90. The number of nitrogens with zero attached hydrogens (tertiary/aromatic N) is 1. The number of rotatable bonds is 4. The van der Waals surface area contributed by atoms with Crippen molar-refractivity contribution in [3.8, 4) is 11.5 Å². The molecule has 0 bridgehead atoms. The minimum absolute atomic E-state index is 0.239. The first-order chi connectivity index (χ1) is 9.60. The number of fused-ring (bicyclic) bond motifs is 2. The fourth-order valence-electron chi connectivity index (χ4n) is 2.61. The van der Waals surface area contributed by atoms with Gasteiger partial charge in [0, 0.05) is 13.1 Å². The maximum Gasteiger partial charge on any atom is 0.231 e. The molecular weight excluding hydrogens is 278 g/mol. The van der Waals surface area contributed by atoms with Crippen LogP contribution in [0.2, 0.25) is 0 Å². The van der Waals surface area contributed by atoms with Gasteiger partial charge in [0.25, 0.3) is 0 Å². The van der Waals surface area contributed by atoms with Gasteiger partial charge in [0.05, 0.1) is 5.75 Å². The van der Waals surface area contributed by atoms with E-state index in [1.807, 2.05) is 19.1 Å². The van der Waals surface area contributed by atoms with Crippen molar-refractivity contribution >= 4 is 10.0 Å². The first kappa shape index (κ1) is 13.7. The van der Waals surface area contributed by atoms with E-state index in [2.05, 4.69) is 0 Å². The van der Waals surface area contributed by atoms with E-state index >= 15 is 0 Å². The van der Waals surface area contributed by atoms with Crippen LogP contribution in [0, 0.1) is 0 Å². The van der Waals surface area contributed by atoms with Crippen molar-refractivity contribution in [3.63, 3.8) is 0 Å². The van der Waals surface area contributed by atoms with Crippen LogP contribution in [0.4, 0.5) is 0 Å². The molecule has 0 fully saturated rings. The summed E-state index contributed by atoms with van der Waals surface area (Å²) in [6.07, 6.45) is 2.34. The van der Waals surface area contributed by atoms with Crippen LogP contribution in [0.3, 0.4) is 0 Å². The Morgan fingerprint density at radius 3 is 2.60 bits per heavy atom. The standard InChI is InChI=1S/C14H19NO4S/c1-2-3-6-20(16,17)15-5-4-11-7-13-14(19-10-18-13)8-12(11)9-15/h7-8H,2-6,9-10H2,1H3. The summed E-state index contributed by atoms with van der Waals surface area (Å²) in [5.74, 6) is 1.73. The molecule has 0 unspecified atom stereocenters.